The Bertz CT molecular complexity index is 683. The highest BCUT2D eigenvalue weighted by Crippen LogP contribution is 2.29. The summed E-state index contributed by atoms with van der Waals surface area (Å²) in [5, 5.41) is 0. The van der Waals surface area contributed by atoms with Crippen LogP contribution in [0.3, 0.4) is 0 Å². The lowest BCUT2D eigenvalue weighted by Gasteiger charge is -2.21. The summed E-state index contributed by atoms with van der Waals surface area (Å²) in [4.78, 5) is 18.9. The molecule has 0 spiro atoms. The van der Waals surface area contributed by atoms with Crippen molar-refractivity contribution >= 4 is 11.5 Å². The van der Waals surface area contributed by atoms with E-state index in [1.807, 2.05) is 60.0 Å². The second kappa shape index (κ2) is 6.18. The molecule has 0 bridgehead atoms. The lowest BCUT2D eigenvalue weighted by atomic mass is 10.1. The van der Waals surface area contributed by atoms with Crippen LogP contribution in [-0.2, 0) is 18.4 Å². The standard InChI is InChI=1S/C18H21N3O/c1-14(15-6-4-3-5-7-15)12-18(22)21(16-8-9-16)13-17-19-10-11-20(17)2/h3-7,10-12,16H,8-9,13H2,1-2H3. The first-order valence-corrected chi connectivity index (χ1v) is 7.65. The van der Waals surface area contributed by atoms with Gasteiger partial charge in [0.15, 0.2) is 0 Å². The molecule has 0 saturated heterocycles. The van der Waals surface area contributed by atoms with Crippen molar-refractivity contribution < 1.29 is 4.79 Å². The zero-order chi connectivity index (χ0) is 15.5. The molecule has 1 fully saturated rings. The molecule has 1 aliphatic carbocycles. The summed E-state index contributed by atoms with van der Waals surface area (Å²) in [5.74, 6) is 0.998. The number of carbonyl (C=O) groups is 1. The fourth-order valence-corrected chi connectivity index (χ4v) is 2.53. The van der Waals surface area contributed by atoms with Gasteiger partial charge in [-0.3, -0.25) is 4.79 Å². The zero-order valence-electron chi connectivity index (χ0n) is 13.1. The van der Waals surface area contributed by atoms with E-state index >= 15 is 0 Å². The normalized spacial score (nSPS) is 14.9. The van der Waals surface area contributed by atoms with Crippen molar-refractivity contribution in [3.05, 3.63) is 60.2 Å². The average Bonchev–Trinajstić information content (AvgIpc) is 3.28. The number of hydrogen-bond acceptors (Lipinski definition) is 2. The quantitative estimate of drug-likeness (QED) is 0.795. The Morgan fingerprint density at radius 1 is 1.36 bits per heavy atom. The number of amides is 1. The van der Waals surface area contributed by atoms with Gasteiger partial charge in [-0.15, -0.1) is 0 Å². The molecule has 1 amide bonds. The Morgan fingerprint density at radius 2 is 2.09 bits per heavy atom. The maximum Gasteiger partial charge on any atom is 0.247 e. The first-order chi connectivity index (χ1) is 10.6. The van der Waals surface area contributed by atoms with Crippen molar-refractivity contribution in [2.75, 3.05) is 0 Å². The fourth-order valence-electron chi connectivity index (χ4n) is 2.53. The highest BCUT2D eigenvalue weighted by atomic mass is 16.2. The van der Waals surface area contributed by atoms with Crippen molar-refractivity contribution in [3.63, 3.8) is 0 Å². The summed E-state index contributed by atoms with van der Waals surface area (Å²) in [7, 11) is 1.96. The third-order valence-corrected chi connectivity index (χ3v) is 4.07. The van der Waals surface area contributed by atoms with Crippen molar-refractivity contribution in [1.29, 1.82) is 0 Å². The number of rotatable bonds is 5. The van der Waals surface area contributed by atoms with Gasteiger partial charge in [-0.1, -0.05) is 30.3 Å². The van der Waals surface area contributed by atoms with Crippen LogP contribution in [-0.4, -0.2) is 26.4 Å². The van der Waals surface area contributed by atoms with Crippen LogP contribution < -0.4 is 0 Å². The molecule has 0 radical (unpaired) electrons. The molecule has 1 aromatic heterocycles. The number of aromatic nitrogens is 2. The van der Waals surface area contributed by atoms with Crippen LogP contribution in [0.1, 0.15) is 31.2 Å². The van der Waals surface area contributed by atoms with E-state index in [0.717, 1.165) is 29.8 Å². The minimum absolute atomic E-state index is 0.0758. The van der Waals surface area contributed by atoms with Gasteiger partial charge in [-0.25, -0.2) is 4.98 Å². The molecule has 1 aliphatic rings. The Hall–Kier alpha value is -2.36. The largest absolute Gasteiger partial charge is 0.337 e. The third-order valence-electron chi connectivity index (χ3n) is 4.07. The second-order valence-electron chi connectivity index (χ2n) is 5.85. The summed E-state index contributed by atoms with van der Waals surface area (Å²) in [6, 6.07) is 10.4. The van der Waals surface area contributed by atoms with E-state index in [4.69, 9.17) is 0 Å². The number of aryl methyl sites for hydroxylation is 1. The molecule has 1 aromatic carbocycles. The van der Waals surface area contributed by atoms with Crippen molar-refractivity contribution in [1.82, 2.24) is 14.5 Å². The Labute approximate surface area is 131 Å². The van der Waals surface area contributed by atoms with Gasteiger partial charge in [0.25, 0.3) is 0 Å². The van der Waals surface area contributed by atoms with E-state index < -0.39 is 0 Å². The number of allylic oxidation sites excluding steroid dienone is 1. The predicted octanol–water partition coefficient (Wildman–Crippen LogP) is 3.01. The first-order valence-electron chi connectivity index (χ1n) is 7.65. The summed E-state index contributed by atoms with van der Waals surface area (Å²) >= 11 is 0. The van der Waals surface area contributed by atoms with Crippen LogP contribution in [0, 0.1) is 0 Å². The minimum atomic E-state index is 0.0758. The van der Waals surface area contributed by atoms with Gasteiger partial charge in [0.05, 0.1) is 6.54 Å². The maximum atomic E-state index is 12.7. The van der Waals surface area contributed by atoms with Gasteiger partial charge in [-0.05, 0) is 30.9 Å². The minimum Gasteiger partial charge on any atom is -0.337 e. The molecule has 4 heteroatoms. The van der Waals surface area contributed by atoms with Crippen LogP contribution in [0.4, 0.5) is 0 Å². The molecule has 1 heterocycles. The van der Waals surface area contributed by atoms with Crippen molar-refractivity contribution in [2.45, 2.75) is 32.4 Å². The summed E-state index contributed by atoms with van der Waals surface area (Å²) in [6.45, 7) is 2.56. The summed E-state index contributed by atoms with van der Waals surface area (Å²) in [6.07, 6.45) is 7.62. The van der Waals surface area contributed by atoms with Gasteiger partial charge >= 0.3 is 0 Å². The molecule has 2 aromatic rings. The van der Waals surface area contributed by atoms with Crippen LogP contribution in [0.2, 0.25) is 0 Å². The number of imidazole rings is 1. The fraction of sp³-hybridized carbons (Fsp3) is 0.333. The van der Waals surface area contributed by atoms with E-state index in [0.29, 0.717) is 12.6 Å². The molecule has 114 valence electrons. The van der Waals surface area contributed by atoms with Gasteiger partial charge < -0.3 is 9.47 Å². The van der Waals surface area contributed by atoms with E-state index in [2.05, 4.69) is 4.98 Å². The Morgan fingerprint density at radius 3 is 2.68 bits per heavy atom. The maximum absolute atomic E-state index is 12.7. The summed E-state index contributed by atoms with van der Waals surface area (Å²) < 4.78 is 1.97. The highest BCUT2D eigenvalue weighted by molar-refractivity contribution is 5.95. The van der Waals surface area contributed by atoms with Gasteiger partial charge in [0.2, 0.25) is 5.91 Å². The van der Waals surface area contributed by atoms with Crippen molar-refractivity contribution in [3.8, 4) is 0 Å². The smallest absolute Gasteiger partial charge is 0.247 e. The molecule has 4 nitrogen and oxygen atoms in total. The molecular formula is C18H21N3O. The van der Waals surface area contributed by atoms with Gasteiger partial charge in [-0.2, -0.15) is 0 Å². The molecule has 0 N–H and O–H groups in total. The number of benzene rings is 1. The Balaban J connectivity index is 1.77. The zero-order valence-corrected chi connectivity index (χ0v) is 13.1. The van der Waals surface area contributed by atoms with Gasteiger partial charge in [0, 0.05) is 31.6 Å². The molecule has 0 aliphatic heterocycles. The SMILES string of the molecule is CC(=CC(=O)N(Cc1nccn1C)C1CC1)c1ccccc1. The number of nitrogens with zero attached hydrogens (tertiary/aromatic N) is 3. The first kappa shape index (κ1) is 14.6. The van der Waals surface area contributed by atoms with Crippen LogP contribution in [0.5, 0.6) is 0 Å². The van der Waals surface area contributed by atoms with E-state index in [1.54, 1.807) is 12.3 Å². The average molecular weight is 295 g/mol. The lowest BCUT2D eigenvalue weighted by Crippen LogP contribution is -2.32. The van der Waals surface area contributed by atoms with E-state index in [9.17, 15) is 4.79 Å². The van der Waals surface area contributed by atoms with Crippen LogP contribution in [0.25, 0.3) is 5.57 Å². The Kier molecular flexibility index (Phi) is 4.09. The lowest BCUT2D eigenvalue weighted by molar-refractivity contribution is -0.127. The second-order valence-corrected chi connectivity index (χ2v) is 5.85. The number of carbonyl (C=O) groups excluding carboxylic acids is 1. The van der Waals surface area contributed by atoms with E-state index in [1.165, 1.54) is 0 Å². The topological polar surface area (TPSA) is 38.1 Å². The van der Waals surface area contributed by atoms with Crippen LogP contribution >= 0.6 is 0 Å². The van der Waals surface area contributed by atoms with Gasteiger partial charge in [0.1, 0.15) is 5.82 Å². The molecule has 3 rings (SSSR count). The molecule has 1 saturated carbocycles. The molecule has 22 heavy (non-hydrogen) atoms. The monoisotopic (exact) mass is 295 g/mol. The number of hydrogen-bond donors (Lipinski definition) is 0. The molecular weight excluding hydrogens is 274 g/mol. The summed E-state index contributed by atoms with van der Waals surface area (Å²) in [5.41, 5.74) is 2.08. The van der Waals surface area contributed by atoms with Crippen molar-refractivity contribution in [2.24, 2.45) is 7.05 Å². The van der Waals surface area contributed by atoms with Crippen LogP contribution in [0.15, 0.2) is 48.8 Å². The molecule has 0 atom stereocenters. The molecule has 0 unspecified atom stereocenters. The van der Waals surface area contributed by atoms with E-state index in [-0.39, 0.29) is 5.91 Å². The highest BCUT2D eigenvalue weighted by Gasteiger charge is 2.32. The predicted molar refractivity (Wildman–Crippen MR) is 86.9 cm³/mol. The third kappa shape index (κ3) is 3.27.